The van der Waals surface area contributed by atoms with Gasteiger partial charge in [-0.2, -0.15) is 0 Å². The van der Waals surface area contributed by atoms with Gasteiger partial charge in [-0.25, -0.2) is 0 Å². The summed E-state index contributed by atoms with van der Waals surface area (Å²) in [4.78, 5) is 39.8. The van der Waals surface area contributed by atoms with Gasteiger partial charge in [-0.05, 0) is 107 Å². The summed E-state index contributed by atoms with van der Waals surface area (Å²) < 4.78 is 18.3. The van der Waals surface area contributed by atoms with Gasteiger partial charge in [0.15, 0.2) is 18.1 Å². The molecular weight excluding hydrogens is 667 g/mol. The van der Waals surface area contributed by atoms with E-state index in [0.717, 1.165) is 28.6 Å². The summed E-state index contributed by atoms with van der Waals surface area (Å²) >= 11 is 3.00. The van der Waals surface area contributed by atoms with Gasteiger partial charge < -0.3 is 19.5 Å². The van der Waals surface area contributed by atoms with Gasteiger partial charge in [0.2, 0.25) is 0 Å². The van der Waals surface area contributed by atoms with Gasteiger partial charge in [0.25, 0.3) is 17.1 Å². The van der Waals surface area contributed by atoms with Crippen LogP contribution in [-0.2, 0) is 9.59 Å². The molecule has 0 aromatic heterocycles. The number of hydrogen-bond donors (Lipinski definition) is 1. The fourth-order valence-corrected chi connectivity index (χ4v) is 5.91. The number of carbonyl (C=O) groups excluding carboxylic acids is 3. The highest BCUT2D eigenvalue weighted by Crippen LogP contribution is 2.37. The molecule has 1 aliphatic heterocycles. The van der Waals surface area contributed by atoms with Crippen molar-refractivity contribution in [3.05, 3.63) is 85.8 Å². The quantitative estimate of drug-likeness (QED) is 0.157. The number of anilines is 1. The summed E-state index contributed by atoms with van der Waals surface area (Å²) in [5.41, 5.74) is 3.51. The first-order chi connectivity index (χ1) is 20.2. The van der Waals surface area contributed by atoms with Gasteiger partial charge in [-0.15, -0.1) is 0 Å². The number of imide groups is 1. The number of aryl methyl sites for hydroxylation is 1. The molecule has 0 saturated carbocycles. The number of hydrogen-bond acceptors (Lipinski definition) is 7. The lowest BCUT2D eigenvalue weighted by atomic mass is 10.0. The molecular formula is C32H33IN2O6S. The van der Waals surface area contributed by atoms with Gasteiger partial charge in [0.1, 0.15) is 12.4 Å². The zero-order valence-corrected chi connectivity index (χ0v) is 26.9. The van der Waals surface area contributed by atoms with Crippen LogP contribution in [0.5, 0.6) is 17.2 Å². The minimum atomic E-state index is -0.368. The highest BCUT2D eigenvalue weighted by atomic mass is 127. The first-order valence-electron chi connectivity index (χ1n) is 13.6. The Balaban J connectivity index is 1.43. The second-order valence-electron chi connectivity index (χ2n) is 9.84. The molecule has 0 aliphatic carbocycles. The Morgan fingerprint density at radius 2 is 1.79 bits per heavy atom. The van der Waals surface area contributed by atoms with E-state index in [1.807, 2.05) is 56.3 Å². The standard InChI is InChI=1S/C32H33IN2O6S/c1-5-39-27-17-22(16-25(33)30(27)41-19-29(36)34-23-9-7-6-8-10-23)18-28-31(37)35(32(38)42-28)13-14-40-26-15-21(4)11-12-24(26)20(2)3/h6-12,15-18,20H,5,13-14,19H2,1-4H3,(H,34,36)/b28-18-. The molecule has 1 saturated heterocycles. The molecule has 4 rings (SSSR count). The van der Waals surface area contributed by atoms with Crippen LogP contribution in [0.1, 0.15) is 43.4 Å². The van der Waals surface area contributed by atoms with Gasteiger partial charge in [0, 0.05) is 5.69 Å². The predicted octanol–water partition coefficient (Wildman–Crippen LogP) is 7.25. The maximum atomic E-state index is 13.1. The summed E-state index contributed by atoms with van der Waals surface area (Å²) in [5, 5.41) is 2.45. The number of halogens is 1. The predicted molar refractivity (Wildman–Crippen MR) is 174 cm³/mol. The lowest BCUT2D eigenvalue weighted by Crippen LogP contribution is -2.32. The van der Waals surface area contributed by atoms with Crippen LogP contribution in [0.25, 0.3) is 6.08 Å². The molecule has 1 N–H and O–H groups in total. The van der Waals surface area contributed by atoms with Gasteiger partial charge in [-0.1, -0.05) is 44.2 Å². The highest BCUT2D eigenvalue weighted by Gasteiger charge is 2.35. The Bertz CT molecular complexity index is 1490. The number of amides is 3. The van der Waals surface area contributed by atoms with Crippen LogP contribution in [0, 0.1) is 10.5 Å². The minimum Gasteiger partial charge on any atom is -0.491 e. The molecule has 10 heteroatoms. The molecule has 3 aromatic rings. The number of para-hydroxylation sites is 1. The number of carbonyl (C=O) groups is 3. The molecule has 1 fully saturated rings. The van der Waals surface area contributed by atoms with Gasteiger partial charge in [-0.3, -0.25) is 19.3 Å². The maximum Gasteiger partial charge on any atom is 0.293 e. The van der Waals surface area contributed by atoms with Crippen molar-refractivity contribution < 1.29 is 28.6 Å². The van der Waals surface area contributed by atoms with E-state index < -0.39 is 0 Å². The molecule has 1 heterocycles. The molecule has 3 amide bonds. The lowest BCUT2D eigenvalue weighted by Gasteiger charge is -2.17. The topological polar surface area (TPSA) is 94.2 Å². The van der Waals surface area contributed by atoms with Crippen molar-refractivity contribution in [3.8, 4) is 17.2 Å². The summed E-state index contributed by atoms with van der Waals surface area (Å²) in [6.45, 7) is 8.56. The molecule has 3 aromatic carbocycles. The van der Waals surface area contributed by atoms with Crippen LogP contribution in [0.2, 0.25) is 0 Å². The van der Waals surface area contributed by atoms with Crippen LogP contribution in [0.3, 0.4) is 0 Å². The monoisotopic (exact) mass is 700 g/mol. The number of nitrogens with one attached hydrogen (secondary N) is 1. The second kappa shape index (κ2) is 14.6. The smallest absolute Gasteiger partial charge is 0.293 e. The summed E-state index contributed by atoms with van der Waals surface area (Å²) in [6, 6.07) is 18.7. The molecule has 0 bridgehead atoms. The molecule has 1 aliphatic rings. The Hall–Kier alpha value is -3.51. The number of thioether (sulfide) groups is 1. The Morgan fingerprint density at radius 1 is 1.02 bits per heavy atom. The Kier molecular flexibility index (Phi) is 10.9. The zero-order valence-electron chi connectivity index (χ0n) is 23.9. The van der Waals surface area contributed by atoms with Crippen LogP contribution in [0.4, 0.5) is 10.5 Å². The molecule has 0 unspecified atom stereocenters. The van der Waals surface area contributed by atoms with E-state index in [4.69, 9.17) is 14.2 Å². The summed E-state index contributed by atoms with van der Waals surface area (Å²) in [5.74, 6) is 1.26. The molecule has 0 radical (unpaired) electrons. The minimum absolute atomic E-state index is 0.146. The van der Waals surface area contributed by atoms with Gasteiger partial charge in [0.05, 0.1) is 21.6 Å². The van der Waals surface area contributed by atoms with Crippen molar-refractivity contribution in [2.75, 3.05) is 31.7 Å². The number of benzene rings is 3. The molecule has 0 spiro atoms. The molecule has 220 valence electrons. The Morgan fingerprint density at radius 3 is 2.50 bits per heavy atom. The van der Waals surface area contributed by atoms with Crippen LogP contribution >= 0.6 is 34.4 Å². The van der Waals surface area contributed by atoms with E-state index in [9.17, 15) is 14.4 Å². The average Bonchev–Trinajstić information content (AvgIpc) is 3.20. The molecule has 0 atom stereocenters. The summed E-state index contributed by atoms with van der Waals surface area (Å²) in [6.07, 6.45) is 1.67. The largest absolute Gasteiger partial charge is 0.491 e. The van der Waals surface area contributed by atoms with Crippen molar-refractivity contribution in [2.45, 2.75) is 33.6 Å². The zero-order chi connectivity index (χ0) is 30.2. The van der Waals surface area contributed by atoms with E-state index >= 15 is 0 Å². The first kappa shape index (κ1) is 31.4. The fraction of sp³-hybridized carbons (Fsp3) is 0.281. The van der Waals surface area contributed by atoms with Crippen molar-refractivity contribution in [2.24, 2.45) is 0 Å². The third kappa shape index (κ3) is 8.07. The Labute approximate surface area is 263 Å². The molecule has 42 heavy (non-hydrogen) atoms. The van der Waals surface area contributed by atoms with Gasteiger partial charge >= 0.3 is 0 Å². The highest BCUT2D eigenvalue weighted by molar-refractivity contribution is 14.1. The molecule has 8 nitrogen and oxygen atoms in total. The fourth-order valence-electron chi connectivity index (χ4n) is 4.27. The maximum absolute atomic E-state index is 13.1. The van der Waals surface area contributed by atoms with Crippen LogP contribution in [0.15, 0.2) is 65.6 Å². The van der Waals surface area contributed by atoms with Crippen molar-refractivity contribution in [1.29, 1.82) is 0 Å². The van der Waals surface area contributed by atoms with E-state index in [1.54, 1.807) is 24.3 Å². The third-order valence-corrected chi connectivity index (χ3v) is 7.98. The average molecular weight is 701 g/mol. The van der Waals surface area contributed by atoms with E-state index in [-0.39, 0.29) is 42.7 Å². The van der Waals surface area contributed by atoms with Crippen LogP contribution < -0.4 is 19.5 Å². The van der Waals surface area contributed by atoms with E-state index in [0.29, 0.717) is 37.8 Å². The first-order valence-corrected chi connectivity index (χ1v) is 15.5. The van der Waals surface area contributed by atoms with E-state index in [1.165, 1.54) is 4.90 Å². The van der Waals surface area contributed by atoms with E-state index in [2.05, 4.69) is 41.8 Å². The normalized spacial score (nSPS) is 14.0. The number of rotatable bonds is 12. The lowest BCUT2D eigenvalue weighted by molar-refractivity contribution is -0.123. The van der Waals surface area contributed by atoms with Crippen molar-refractivity contribution in [1.82, 2.24) is 4.90 Å². The number of nitrogens with zero attached hydrogens (tertiary/aromatic N) is 1. The van der Waals surface area contributed by atoms with Crippen LogP contribution in [-0.4, -0.2) is 48.3 Å². The SMILES string of the molecule is CCOc1cc(/C=C2\SC(=O)N(CCOc3cc(C)ccc3C(C)C)C2=O)cc(I)c1OCC(=O)Nc1ccccc1. The van der Waals surface area contributed by atoms with Crippen molar-refractivity contribution >= 4 is 63.2 Å². The van der Waals surface area contributed by atoms with Crippen molar-refractivity contribution in [3.63, 3.8) is 0 Å². The third-order valence-electron chi connectivity index (χ3n) is 6.27. The second-order valence-corrected chi connectivity index (χ2v) is 12.0. The summed E-state index contributed by atoms with van der Waals surface area (Å²) in [7, 11) is 0. The number of ether oxygens (including phenoxy) is 3.